The summed E-state index contributed by atoms with van der Waals surface area (Å²) in [5, 5.41) is 0. The lowest BCUT2D eigenvalue weighted by atomic mass is 10.2. The summed E-state index contributed by atoms with van der Waals surface area (Å²) in [6.45, 7) is 0.969. The van der Waals surface area contributed by atoms with Crippen LogP contribution in [0.25, 0.3) is 0 Å². The first-order valence-corrected chi connectivity index (χ1v) is 8.56. The first-order chi connectivity index (χ1) is 11.1. The molecule has 0 saturated heterocycles. The second-order valence-corrected chi connectivity index (χ2v) is 6.64. The number of ether oxygens (including phenoxy) is 2. The van der Waals surface area contributed by atoms with Crippen molar-refractivity contribution >= 4 is 15.9 Å². The van der Waals surface area contributed by atoms with E-state index in [1.807, 2.05) is 4.72 Å². The van der Waals surface area contributed by atoms with E-state index in [-0.39, 0.29) is 10.5 Å². The summed E-state index contributed by atoms with van der Waals surface area (Å²) < 4.78 is 37.7. The van der Waals surface area contributed by atoms with E-state index in [0.29, 0.717) is 24.7 Å². The van der Waals surface area contributed by atoms with Crippen LogP contribution in [0, 0.1) is 0 Å². The van der Waals surface area contributed by atoms with Crippen LogP contribution in [-0.2, 0) is 10.0 Å². The second-order valence-electron chi connectivity index (χ2n) is 4.96. The molecule has 2 aromatic carbocycles. The maximum atomic E-state index is 12.4. The molecule has 1 N–H and O–H groups in total. The van der Waals surface area contributed by atoms with Gasteiger partial charge >= 0.3 is 0 Å². The topological polar surface area (TPSA) is 81.7 Å². The fourth-order valence-electron chi connectivity index (χ4n) is 2.14. The molecular weight excluding hydrogens is 318 g/mol. The first kappa shape index (κ1) is 15.4. The Labute approximate surface area is 134 Å². The Morgan fingerprint density at radius 2 is 1.65 bits per heavy atom. The van der Waals surface area contributed by atoms with Gasteiger partial charge in [0, 0.05) is 18.1 Å². The second kappa shape index (κ2) is 6.29. The number of nitrogens with one attached hydrogen (secondary N) is 1. The van der Waals surface area contributed by atoms with E-state index < -0.39 is 15.9 Å². The molecule has 23 heavy (non-hydrogen) atoms. The van der Waals surface area contributed by atoms with Gasteiger partial charge in [-0.3, -0.25) is 4.79 Å². The van der Waals surface area contributed by atoms with Gasteiger partial charge in [0.15, 0.2) is 11.5 Å². The smallest absolute Gasteiger partial charge is 0.264 e. The van der Waals surface area contributed by atoms with E-state index in [4.69, 9.17) is 9.47 Å². The van der Waals surface area contributed by atoms with Crippen LogP contribution in [0.15, 0.2) is 53.4 Å². The van der Waals surface area contributed by atoms with Gasteiger partial charge in [-0.25, -0.2) is 13.1 Å². The van der Waals surface area contributed by atoms with Gasteiger partial charge in [0.25, 0.3) is 15.9 Å². The number of fused-ring (bicyclic) bond motifs is 1. The normalized spacial score (nSPS) is 13.9. The first-order valence-electron chi connectivity index (χ1n) is 7.08. The highest BCUT2D eigenvalue weighted by molar-refractivity contribution is 7.90. The molecule has 1 aliphatic rings. The predicted molar refractivity (Wildman–Crippen MR) is 83.1 cm³/mol. The maximum Gasteiger partial charge on any atom is 0.264 e. The minimum atomic E-state index is -3.99. The summed E-state index contributed by atoms with van der Waals surface area (Å²) in [7, 11) is -3.99. The van der Waals surface area contributed by atoms with Crippen molar-refractivity contribution in [2.45, 2.75) is 11.3 Å². The molecule has 7 heteroatoms. The molecular formula is C16H15NO5S. The Morgan fingerprint density at radius 3 is 2.39 bits per heavy atom. The molecule has 0 aromatic heterocycles. The molecule has 3 rings (SSSR count). The number of hydrogen-bond acceptors (Lipinski definition) is 5. The van der Waals surface area contributed by atoms with E-state index in [2.05, 4.69) is 0 Å². The van der Waals surface area contributed by atoms with Crippen LogP contribution >= 0.6 is 0 Å². The molecule has 120 valence electrons. The zero-order valence-electron chi connectivity index (χ0n) is 12.2. The molecule has 0 radical (unpaired) electrons. The number of benzene rings is 2. The van der Waals surface area contributed by atoms with Gasteiger partial charge in [0.05, 0.1) is 18.1 Å². The molecule has 0 unspecified atom stereocenters. The van der Waals surface area contributed by atoms with Crippen LogP contribution in [0.4, 0.5) is 0 Å². The Hall–Kier alpha value is -2.54. The van der Waals surface area contributed by atoms with Crippen LogP contribution in [0.3, 0.4) is 0 Å². The third kappa shape index (κ3) is 3.45. The summed E-state index contributed by atoms with van der Waals surface area (Å²) in [4.78, 5) is 12.0. The lowest BCUT2D eigenvalue weighted by Crippen LogP contribution is -2.30. The number of carbonyl (C=O) groups is 1. The third-order valence-electron chi connectivity index (χ3n) is 3.29. The molecule has 0 atom stereocenters. The zero-order valence-corrected chi connectivity index (χ0v) is 13.0. The summed E-state index contributed by atoms with van der Waals surface area (Å²) in [6.07, 6.45) is 0.724. The van der Waals surface area contributed by atoms with Crippen LogP contribution in [-0.4, -0.2) is 27.5 Å². The predicted octanol–water partition coefficient (Wildman–Crippen LogP) is 1.97. The third-order valence-corrected chi connectivity index (χ3v) is 4.62. The van der Waals surface area contributed by atoms with E-state index in [1.165, 1.54) is 18.2 Å². The molecule has 1 aliphatic heterocycles. The van der Waals surface area contributed by atoms with Crippen molar-refractivity contribution in [1.29, 1.82) is 0 Å². The van der Waals surface area contributed by atoms with Gasteiger partial charge in [-0.1, -0.05) is 18.2 Å². The number of sulfonamides is 1. The summed E-state index contributed by atoms with van der Waals surface area (Å²) in [5.74, 6) is 0.172. The molecule has 6 nitrogen and oxygen atoms in total. The van der Waals surface area contributed by atoms with Crippen molar-refractivity contribution < 1.29 is 22.7 Å². The summed E-state index contributed by atoms with van der Waals surface area (Å²) in [5.41, 5.74) is 0.269. The molecule has 0 fully saturated rings. The van der Waals surface area contributed by atoms with Gasteiger partial charge in [-0.15, -0.1) is 0 Å². The number of rotatable bonds is 3. The Balaban J connectivity index is 1.85. The molecule has 0 aliphatic carbocycles. The van der Waals surface area contributed by atoms with E-state index in [0.717, 1.165) is 6.42 Å². The lowest BCUT2D eigenvalue weighted by Gasteiger charge is -2.11. The standard InChI is InChI=1S/C16H15NO5S/c18-16(12-5-2-1-3-6-12)17-23(19,20)13-7-8-14-15(11-13)22-10-4-9-21-14/h1-3,5-8,11H,4,9-10H2,(H,17,18). The van der Waals surface area contributed by atoms with Gasteiger partial charge < -0.3 is 9.47 Å². The zero-order chi connectivity index (χ0) is 16.3. The molecule has 0 bridgehead atoms. The van der Waals surface area contributed by atoms with Gasteiger partial charge in [0.1, 0.15) is 0 Å². The fourth-order valence-corrected chi connectivity index (χ4v) is 3.13. The van der Waals surface area contributed by atoms with Gasteiger partial charge in [-0.05, 0) is 24.3 Å². The van der Waals surface area contributed by atoms with Gasteiger partial charge in [0.2, 0.25) is 0 Å². The van der Waals surface area contributed by atoms with E-state index in [9.17, 15) is 13.2 Å². The van der Waals surface area contributed by atoms with E-state index in [1.54, 1.807) is 30.3 Å². The number of carbonyl (C=O) groups excluding carboxylic acids is 1. The van der Waals surface area contributed by atoms with Crippen molar-refractivity contribution in [2.24, 2.45) is 0 Å². The molecule has 0 spiro atoms. The Morgan fingerprint density at radius 1 is 0.957 bits per heavy atom. The lowest BCUT2D eigenvalue weighted by molar-refractivity contribution is 0.0981. The average molecular weight is 333 g/mol. The minimum absolute atomic E-state index is 0.0500. The molecule has 2 aromatic rings. The van der Waals surface area contributed by atoms with E-state index >= 15 is 0 Å². The van der Waals surface area contributed by atoms with Gasteiger partial charge in [-0.2, -0.15) is 0 Å². The molecule has 0 saturated carbocycles. The Bertz CT molecular complexity index is 818. The summed E-state index contributed by atoms with van der Waals surface area (Å²) >= 11 is 0. The average Bonchev–Trinajstić information content (AvgIpc) is 2.80. The minimum Gasteiger partial charge on any atom is -0.490 e. The van der Waals surface area contributed by atoms with Crippen LogP contribution < -0.4 is 14.2 Å². The van der Waals surface area contributed by atoms with Crippen molar-refractivity contribution in [3.63, 3.8) is 0 Å². The highest BCUT2D eigenvalue weighted by Crippen LogP contribution is 2.31. The Kier molecular flexibility index (Phi) is 4.20. The van der Waals surface area contributed by atoms with Crippen molar-refractivity contribution in [1.82, 2.24) is 4.72 Å². The highest BCUT2D eigenvalue weighted by Gasteiger charge is 2.21. The van der Waals surface area contributed by atoms with Crippen LogP contribution in [0.1, 0.15) is 16.8 Å². The highest BCUT2D eigenvalue weighted by atomic mass is 32.2. The van der Waals surface area contributed by atoms with Crippen LogP contribution in [0.2, 0.25) is 0 Å². The van der Waals surface area contributed by atoms with Crippen molar-refractivity contribution in [3.05, 3.63) is 54.1 Å². The SMILES string of the molecule is O=C(NS(=O)(=O)c1ccc2c(c1)OCCCO2)c1ccccc1. The van der Waals surface area contributed by atoms with Crippen molar-refractivity contribution in [3.8, 4) is 11.5 Å². The van der Waals surface area contributed by atoms with Crippen LogP contribution in [0.5, 0.6) is 11.5 Å². The quantitative estimate of drug-likeness (QED) is 0.928. The largest absolute Gasteiger partial charge is 0.490 e. The maximum absolute atomic E-state index is 12.4. The number of hydrogen-bond donors (Lipinski definition) is 1. The fraction of sp³-hybridized carbons (Fsp3) is 0.188. The summed E-state index contributed by atoms with van der Waals surface area (Å²) in [6, 6.07) is 12.4. The monoisotopic (exact) mass is 333 g/mol. The van der Waals surface area contributed by atoms with Crippen molar-refractivity contribution in [2.75, 3.05) is 13.2 Å². The number of amides is 1. The molecule has 1 amide bonds. The molecule has 1 heterocycles.